The van der Waals surface area contributed by atoms with Gasteiger partial charge in [0.25, 0.3) is 0 Å². The normalized spacial score (nSPS) is 16.2. The fourth-order valence-electron chi connectivity index (χ4n) is 2.74. The minimum Gasteiger partial charge on any atom is -0.326 e. The van der Waals surface area contributed by atoms with Crippen molar-refractivity contribution in [3.05, 3.63) is 46.7 Å². The lowest BCUT2D eigenvalue weighted by Crippen LogP contribution is -2.24. The van der Waals surface area contributed by atoms with E-state index in [0.717, 1.165) is 12.8 Å². The van der Waals surface area contributed by atoms with E-state index in [1.807, 2.05) is 11.4 Å². The quantitative estimate of drug-likeness (QED) is 0.856. The molecule has 0 aliphatic carbocycles. The van der Waals surface area contributed by atoms with E-state index in [2.05, 4.69) is 11.4 Å². The molecule has 2 aromatic rings. The molecule has 0 unspecified atom stereocenters. The first-order valence-corrected chi connectivity index (χ1v) is 10.5. The van der Waals surface area contributed by atoms with Crippen LogP contribution in [0.25, 0.3) is 0 Å². The number of anilines is 2. The van der Waals surface area contributed by atoms with Crippen LogP contribution >= 0.6 is 11.3 Å². The van der Waals surface area contributed by atoms with Gasteiger partial charge in [-0.2, -0.15) is 0 Å². The minimum atomic E-state index is -3.16. The summed E-state index contributed by atoms with van der Waals surface area (Å²) in [4.78, 5) is 13.3. The van der Waals surface area contributed by atoms with Crippen molar-refractivity contribution in [2.24, 2.45) is 0 Å². The monoisotopic (exact) mass is 364 g/mol. The van der Waals surface area contributed by atoms with Crippen LogP contribution in [0.15, 0.2) is 41.8 Å². The van der Waals surface area contributed by atoms with E-state index in [0.29, 0.717) is 30.8 Å². The van der Waals surface area contributed by atoms with Crippen LogP contribution in [0, 0.1) is 0 Å². The van der Waals surface area contributed by atoms with Gasteiger partial charge in [0.05, 0.1) is 11.4 Å². The molecule has 1 fully saturated rings. The van der Waals surface area contributed by atoms with Gasteiger partial charge in [-0.05, 0) is 55.0 Å². The number of aryl methyl sites for hydroxylation is 1. The Morgan fingerprint density at radius 3 is 2.62 bits per heavy atom. The Hall–Kier alpha value is -1.86. The maximum absolute atomic E-state index is 12.0. The largest absolute Gasteiger partial charge is 0.326 e. The molecule has 5 nitrogen and oxygen atoms in total. The number of nitrogens with zero attached hydrogens (tertiary/aromatic N) is 1. The minimum absolute atomic E-state index is 0.0203. The van der Waals surface area contributed by atoms with Crippen molar-refractivity contribution in [1.29, 1.82) is 0 Å². The van der Waals surface area contributed by atoms with Crippen LogP contribution in [-0.4, -0.2) is 26.6 Å². The fraction of sp³-hybridized carbons (Fsp3) is 0.353. The number of rotatable bonds is 6. The maximum atomic E-state index is 12.0. The number of carbonyl (C=O) groups excluding carboxylic acids is 1. The van der Waals surface area contributed by atoms with Crippen molar-refractivity contribution in [3.63, 3.8) is 0 Å². The number of sulfonamides is 1. The average molecular weight is 364 g/mol. The molecule has 0 saturated carbocycles. The highest BCUT2D eigenvalue weighted by Gasteiger charge is 2.28. The second-order valence-electron chi connectivity index (χ2n) is 5.77. The third-order valence-corrected chi connectivity index (χ3v) is 6.75. The number of hydrogen-bond acceptors (Lipinski definition) is 4. The van der Waals surface area contributed by atoms with Crippen LogP contribution in [0.5, 0.6) is 0 Å². The van der Waals surface area contributed by atoms with Crippen LogP contribution in [0.3, 0.4) is 0 Å². The SMILES string of the molecule is O=C(CCCc1cccs1)Nc1ccc(N2CCCS2(=O)=O)cc1. The zero-order valence-electron chi connectivity index (χ0n) is 13.3. The molecule has 1 aromatic heterocycles. The Bertz CT molecular complexity index is 784. The van der Waals surface area contributed by atoms with Crippen LogP contribution < -0.4 is 9.62 Å². The number of amides is 1. The first-order valence-electron chi connectivity index (χ1n) is 7.97. The van der Waals surface area contributed by atoms with E-state index in [4.69, 9.17) is 0 Å². The highest BCUT2D eigenvalue weighted by Crippen LogP contribution is 2.25. The summed E-state index contributed by atoms with van der Waals surface area (Å²) in [6, 6.07) is 11.1. The number of thiophene rings is 1. The van der Waals surface area contributed by atoms with Gasteiger partial charge in [0.15, 0.2) is 0 Å². The molecule has 128 valence electrons. The van der Waals surface area contributed by atoms with E-state index in [9.17, 15) is 13.2 Å². The highest BCUT2D eigenvalue weighted by molar-refractivity contribution is 7.93. The van der Waals surface area contributed by atoms with Gasteiger partial charge in [-0.3, -0.25) is 9.10 Å². The zero-order chi connectivity index (χ0) is 17.0. The molecule has 1 aliphatic heterocycles. The second-order valence-corrected chi connectivity index (χ2v) is 8.81. The first-order chi connectivity index (χ1) is 11.5. The molecule has 3 rings (SSSR count). The molecule has 1 amide bonds. The summed E-state index contributed by atoms with van der Waals surface area (Å²) in [6.45, 7) is 0.525. The van der Waals surface area contributed by atoms with Crippen molar-refractivity contribution in [3.8, 4) is 0 Å². The van der Waals surface area contributed by atoms with E-state index in [1.165, 1.54) is 9.18 Å². The molecule has 0 atom stereocenters. The molecule has 1 aliphatic rings. The van der Waals surface area contributed by atoms with E-state index in [-0.39, 0.29) is 11.7 Å². The lowest BCUT2D eigenvalue weighted by molar-refractivity contribution is -0.116. The fourth-order valence-corrected chi connectivity index (χ4v) is 5.06. The summed E-state index contributed by atoms with van der Waals surface area (Å²) in [5.41, 5.74) is 1.35. The molecule has 0 spiro atoms. The Morgan fingerprint density at radius 2 is 2.00 bits per heavy atom. The van der Waals surface area contributed by atoms with Crippen molar-refractivity contribution >= 4 is 38.6 Å². The molecule has 24 heavy (non-hydrogen) atoms. The van der Waals surface area contributed by atoms with Gasteiger partial charge < -0.3 is 5.32 Å². The number of nitrogens with one attached hydrogen (secondary N) is 1. The summed E-state index contributed by atoms with van der Waals surface area (Å²) < 4.78 is 25.2. The van der Waals surface area contributed by atoms with Crippen LogP contribution in [0.2, 0.25) is 0 Å². The highest BCUT2D eigenvalue weighted by atomic mass is 32.2. The van der Waals surface area contributed by atoms with Crippen molar-refractivity contribution < 1.29 is 13.2 Å². The van der Waals surface area contributed by atoms with Crippen LogP contribution in [0.4, 0.5) is 11.4 Å². The van der Waals surface area contributed by atoms with Gasteiger partial charge >= 0.3 is 0 Å². The van der Waals surface area contributed by atoms with Crippen LogP contribution in [-0.2, 0) is 21.2 Å². The predicted molar refractivity (Wildman–Crippen MR) is 98.1 cm³/mol. The van der Waals surface area contributed by atoms with E-state index < -0.39 is 10.0 Å². The lowest BCUT2D eigenvalue weighted by Gasteiger charge is -2.17. The molecular formula is C17H20N2O3S2. The third-order valence-electron chi connectivity index (χ3n) is 3.95. The second kappa shape index (κ2) is 7.36. The summed E-state index contributed by atoms with van der Waals surface area (Å²) in [7, 11) is -3.16. The molecule has 1 aromatic carbocycles. The van der Waals surface area contributed by atoms with Gasteiger partial charge in [0.1, 0.15) is 0 Å². The maximum Gasteiger partial charge on any atom is 0.235 e. The Kier molecular flexibility index (Phi) is 5.20. The van der Waals surface area contributed by atoms with Crippen LogP contribution in [0.1, 0.15) is 24.1 Å². The summed E-state index contributed by atoms with van der Waals surface area (Å²) in [5, 5.41) is 4.90. The van der Waals surface area contributed by atoms with E-state index >= 15 is 0 Å². The topological polar surface area (TPSA) is 66.5 Å². The molecule has 2 heterocycles. The van der Waals surface area contributed by atoms with Gasteiger partial charge in [-0.25, -0.2) is 8.42 Å². The van der Waals surface area contributed by atoms with Crippen molar-refractivity contribution in [2.75, 3.05) is 21.9 Å². The van der Waals surface area contributed by atoms with Crippen molar-refractivity contribution in [1.82, 2.24) is 0 Å². The molecule has 0 bridgehead atoms. The predicted octanol–water partition coefficient (Wildman–Crippen LogP) is 3.25. The van der Waals surface area contributed by atoms with Gasteiger partial charge in [0.2, 0.25) is 15.9 Å². The molecule has 1 saturated heterocycles. The third kappa shape index (κ3) is 4.15. The first kappa shape index (κ1) is 17.0. The summed E-state index contributed by atoms with van der Waals surface area (Å²) >= 11 is 1.71. The Morgan fingerprint density at radius 1 is 1.21 bits per heavy atom. The number of benzene rings is 1. The number of hydrogen-bond donors (Lipinski definition) is 1. The summed E-state index contributed by atoms with van der Waals surface area (Å²) in [6.07, 6.45) is 2.86. The molecule has 1 N–H and O–H groups in total. The summed E-state index contributed by atoms with van der Waals surface area (Å²) in [5.74, 6) is 0.184. The average Bonchev–Trinajstić information content (AvgIpc) is 3.17. The Balaban J connectivity index is 1.51. The lowest BCUT2D eigenvalue weighted by atomic mass is 10.2. The Labute approximate surface area is 146 Å². The number of carbonyl (C=O) groups is 1. The zero-order valence-corrected chi connectivity index (χ0v) is 14.9. The standard InChI is InChI=1S/C17H20N2O3S2/c20-17(6-1-4-16-5-2-12-23-16)18-14-7-9-15(10-8-14)19-11-3-13-24(19,21)22/h2,5,7-10,12H,1,3-4,6,11,13H2,(H,18,20). The van der Waals surface area contributed by atoms with Crippen molar-refractivity contribution in [2.45, 2.75) is 25.7 Å². The van der Waals surface area contributed by atoms with Gasteiger partial charge in [0, 0.05) is 23.5 Å². The smallest absolute Gasteiger partial charge is 0.235 e. The van der Waals surface area contributed by atoms with Gasteiger partial charge in [-0.15, -0.1) is 11.3 Å². The molecule has 7 heteroatoms. The molecular weight excluding hydrogens is 344 g/mol. The molecule has 0 radical (unpaired) electrons. The van der Waals surface area contributed by atoms with Gasteiger partial charge in [-0.1, -0.05) is 6.07 Å². The van der Waals surface area contributed by atoms with E-state index in [1.54, 1.807) is 35.6 Å².